The molecule has 1 aliphatic heterocycles. The number of aryl methyl sites for hydroxylation is 1. The maximum Gasteiger partial charge on any atom is 0.341 e. The molecule has 0 unspecified atom stereocenters. The van der Waals surface area contributed by atoms with Gasteiger partial charge in [-0.05, 0) is 42.3 Å². The fourth-order valence-electron chi connectivity index (χ4n) is 4.00. The second kappa shape index (κ2) is 11.5. The van der Waals surface area contributed by atoms with E-state index in [4.69, 9.17) is 24.1 Å². The van der Waals surface area contributed by atoms with Gasteiger partial charge in [0.15, 0.2) is 18.1 Å². The molecule has 0 bridgehead atoms. The van der Waals surface area contributed by atoms with Gasteiger partial charge >= 0.3 is 11.9 Å². The van der Waals surface area contributed by atoms with Crippen LogP contribution in [0.5, 0.6) is 23.0 Å². The monoisotopic (exact) mass is 508 g/mol. The molecule has 194 valence electrons. The van der Waals surface area contributed by atoms with Crippen molar-refractivity contribution in [2.24, 2.45) is 0 Å². The predicted octanol–water partition coefficient (Wildman–Crippen LogP) is 4.13. The molecule has 0 spiro atoms. The first kappa shape index (κ1) is 25.6. The summed E-state index contributed by atoms with van der Waals surface area (Å²) in [5.74, 6) is 0.473. The molecule has 10 heteroatoms. The van der Waals surface area contributed by atoms with Crippen LogP contribution in [0.25, 0.3) is 11.8 Å². The van der Waals surface area contributed by atoms with Crippen LogP contribution in [0, 0.1) is 0 Å². The maximum atomic E-state index is 12.2. The first-order valence-electron chi connectivity index (χ1n) is 11.8. The maximum absolute atomic E-state index is 12.2. The van der Waals surface area contributed by atoms with E-state index in [1.54, 1.807) is 53.2 Å². The Morgan fingerprint density at radius 2 is 1.95 bits per heavy atom. The molecule has 0 saturated carbocycles. The third-order valence-corrected chi connectivity index (χ3v) is 5.80. The summed E-state index contributed by atoms with van der Waals surface area (Å²) in [5.41, 5.74) is 1.95. The lowest BCUT2D eigenvalue weighted by Crippen LogP contribution is -2.13. The van der Waals surface area contributed by atoms with E-state index in [0.29, 0.717) is 40.9 Å². The molecule has 0 atom stereocenters. The zero-order chi connectivity index (χ0) is 26.4. The zero-order valence-electron chi connectivity index (χ0n) is 20.6. The smallest absolute Gasteiger partial charge is 0.341 e. The van der Waals surface area contributed by atoms with Crippen LogP contribution < -0.4 is 18.9 Å². The van der Waals surface area contributed by atoms with Gasteiger partial charge in [0.1, 0.15) is 17.3 Å². The molecular formula is C27H28N2O8. The summed E-state index contributed by atoms with van der Waals surface area (Å²) < 4.78 is 23.4. The molecule has 2 aromatic carbocycles. The Kier molecular flexibility index (Phi) is 7.97. The van der Waals surface area contributed by atoms with Gasteiger partial charge in [0.2, 0.25) is 6.79 Å². The molecule has 0 fully saturated rings. The summed E-state index contributed by atoms with van der Waals surface area (Å²) in [4.78, 5) is 28.0. The molecule has 0 saturated heterocycles. The van der Waals surface area contributed by atoms with Crippen LogP contribution in [0.3, 0.4) is 0 Å². The number of hydrogen-bond acceptors (Lipinski definition) is 7. The minimum Gasteiger partial charge on any atom is -0.497 e. The van der Waals surface area contributed by atoms with Crippen molar-refractivity contribution in [2.45, 2.75) is 32.6 Å². The lowest BCUT2D eigenvalue weighted by atomic mass is 10.0. The number of aliphatic carboxylic acids is 2. The van der Waals surface area contributed by atoms with E-state index in [1.165, 1.54) is 7.11 Å². The first-order valence-corrected chi connectivity index (χ1v) is 11.8. The normalized spacial score (nSPS) is 12.4. The second-order valence-corrected chi connectivity index (χ2v) is 8.39. The largest absolute Gasteiger partial charge is 0.497 e. The van der Waals surface area contributed by atoms with Gasteiger partial charge < -0.3 is 29.2 Å². The molecular weight excluding hydrogens is 480 g/mol. The average Bonchev–Trinajstić information content (AvgIpc) is 3.52. The van der Waals surface area contributed by atoms with Crippen molar-refractivity contribution >= 4 is 18.0 Å². The van der Waals surface area contributed by atoms with Gasteiger partial charge in [0.05, 0.1) is 24.7 Å². The van der Waals surface area contributed by atoms with Gasteiger partial charge in [-0.2, -0.15) is 0 Å². The lowest BCUT2D eigenvalue weighted by molar-refractivity contribution is -0.139. The number of nitrogens with zero attached hydrogens (tertiary/aromatic N) is 2. The highest BCUT2D eigenvalue weighted by Crippen LogP contribution is 2.34. The number of benzene rings is 2. The molecule has 1 aliphatic rings. The van der Waals surface area contributed by atoms with Crippen molar-refractivity contribution in [3.05, 3.63) is 65.2 Å². The van der Waals surface area contributed by atoms with Crippen molar-refractivity contribution in [2.75, 3.05) is 20.5 Å². The quantitative estimate of drug-likeness (QED) is 0.347. The van der Waals surface area contributed by atoms with E-state index in [2.05, 4.69) is 11.9 Å². The minimum atomic E-state index is -1.12. The molecule has 1 aromatic heterocycles. The van der Waals surface area contributed by atoms with E-state index >= 15 is 0 Å². The molecule has 0 aliphatic carbocycles. The Morgan fingerprint density at radius 1 is 1.14 bits per heavy atom. The number of rotatable bonds is 12. The van der Waals surface area contributed by atoms with Crippen molar-refractivity contribution in [1.82, 2.24) is 9.55 Å². The summed E-state index contributed by atoms with van der Waals surface area (Å²) >= 11 is 0. The molecule has 10 nitrogen and oxygen atoms in total. The van der Waals surface area contributed by atoms with Crippen LogP contribution in [0.1, 0.15) is 36.8 Å². The van der Waals surface area contributed by atoms with E-state index in [9.17, 15) is 14.7 Å². The topological polar surface area (TPSA) is 129 Å². The molecule has 3 aromatic rings. The minimum absolute atomic E-state index is 0.133. The van der Waals surface area contributed by atoms with Crippen LogP contribution in [-0.2, 0) is 22.4 Å². The standard InChI is InChI=1S/C27H28N2O8/c1-3-4-5-25-28-14-19(29(25)21-8-7-20(34-2)13-23(21)35-15-26(30)31)12-18(27(32)33)10-17-6-9-22-24(11-17)37-16-36-22/h6-9,11-14H,3-5,10,15-16H2,1-2H3,(H,30,31)(H,32,33). The van der Waals surface area contributed by atoms with Gasteiger partial charge in [-0.15, -0.1) is 0 Å². The fraction of sp³-hybridized carbons (Fsp3) is 0.296. The predicted molar refractivity (Wildman–Crippen MR) is 134 cm³/mol. The van der Waals surface area contributed by atoms with E-state index < -0.39 is 18.5 Å². The highest BCUT2D eigenvalue weighted by Gasteiger charge is 2.20. The molecule has 0 radical (unpaired) electrons. The lowest BCUT2D eigenvalue weighted by Gasteiger charge is -2.16. The van der Waals surface area contributed by atoms with Crippen molar-refractivity contribution in [3.63, 3.8) is 0 Å². The number of fused-ring (bicyclic) bond motifs is 1. The summed E-state index contributed by atoms with van der Waals surface area (Å²) in [6, 6.07) is 10.4. The number of carboxylic acids is 2. The van der Waals surface area contributed by atoms with Crippen LogP contribution in [0.2, 0.25) is 0 Å². The Morgan fingerprint density at radius 3 is 2.68 bits per heavy atom. The molecule has 0 amide bonds. The Labute approximate surface area is 213 Å². The third kappa shape index (κ3) is 6.03. The van der Waals surface area contributed by atoms with Gasteiger partial charge in [-0.3, -0.25) is 4.57 Å². The number of carboxylic acid groups (broad SMARTS) is 2. The highest BCUT2D eigenvalue weighted by atomic mass is 16.7. The molecule has 4 rings (SSSR count). The van der Waals surface area contributed by atoms with Gasteiger partial charge in [0.25, 0.3) is 0 Å². The SMILES string of the molecule is CCCCc1ncc(C=C(Cc2ccc3c(c2)OCO3)C(=O)O)n1-c1ccc(OC)cc1OCC(=O)O. The summed E-state index contributed by atoms with van der Waals surface area (Å²) in [7, 11) is 1.50. The van der Waals surface area contributed by atoms with Crippen LogP contribution >= 0.6 is 0 Å². The first-order chi connectivity index (χ1) is 17.9. The van der Waals surface area contributed by atoms with E-state index in [1.807, 2.05) is 0 Å². The molecule has 37 heavy (non-hydrogen) atoms. The van der Waals surface area contributed by atoms with E-state index in [0.717, 1.165) is 18.4 Å². The average molecular weight is 509 g/mol. The van der Waals surface area contributed by atoms with E-state index in [-0.39, 0.29) is 24.5 Å². The highest BCUT2D eigenvalue weighted by molar-refractivity contribution is 5.92. The number of imidazole rings is 1. The van der Waals surface area contributed by atoms with Crippen LogP contribution in [0.4, 0.5) is 0 Å². The van der Waals surface area contributed by atoms with Gasteiger partial charge in [0, 0.05) is 24.5 Å². The zero-order valence-corrected chi connectivity index (χ0v) is 20.6. The van der Waals surface area contributed by atoms with Crippen LogP contribution in [0.15, 0.2) is 48.2 Å². The second-order valence-electron chi connectivity index (χ2n) is 8.39. The number of carbonyl (C=O) groups is 2. The van der Waals surface area contributed by atoms with Crippen molar-refractivity contribution < 1.29 is 38.7 Å². The summed E-state index contributed by atoms with van der Waals surface area (Å²) in [6.45, 7) is 1.65. The third-order valence-electron chi connectivity index (χ3n) is 5.80. The number of methoxy groups -OCH3 is 1. The van der Waals surface area contributed by atoms with Crippen LogP contribution in [-0.4, -0.2) is 52.2 Å². The summed E-state index contributed by atoms with van der Waals surface area (Å²) in [6.07, 6.45) is 5.77. The number of hydrogen-bond donors (Lipinski definition) is 2. The van der Waals surface area contributed by atoms with Crippen molar-refractivity contribution in [1.29, 1.82) is 0 Å². The summed E-state index contributed by atoms with van der Waals surface area (Å²) in [5, 5.41) is 19.2. The number of ether oxygens (including phenoxy) is 4. The number of aromatic nitrogens is 2. The van der Waals surface area contributed by atoms with Gasteiger partial charge in [-0.1, -0.05) is 19.4 Å². The van der Waals surface area contributed by atoms with Gasteiger partial charge in [-0.25, -0.2) is 14.6 Å². The molecule has 2 N–H and O–H groups in total. The number of unbranched alkanes of at least 4 members (excludes halogenated alkanes) is 1. The Hall–Kier alpha value is -4.47. The Balaban J connectivity index is 1.78. The van der Waals surface area contributed by atoms with Crippen molar-refractivity contribution in [3.8, 4) is 28.7 Å². The molecule has 2 heterocycles. The Bertz CT molecular complexity index is 1330. The fourth-order valence-corrected chi connectivity index (χ4v) is 4.00.